The van der Waals surface area contributed by atoms with Gasteiger partial charge in [0.1, 0.15) is 0 Å². The first kappa shape index (κ1) is 15.3. The molecule has 1 amide bonds. The average Bonchev–Trinajstić information content (AvgIpc) is 3.08. The van der Waals surface area contributed by atoms with Crippen LogP contribution >= 0.6 is 0 Å². The Balaban J connectivity index is 1.52. The molecule has 2 saturated heterocycles. The molecule has 2 aliphatic heterocycles. The molecule has 6 nitrogen and oxygen atoms in total. The van der Waals surface area contributed by atoms with E-state index in [1.54, 1.807) is 10.9 Å². The molecule has 24 heavy (non-hydrogen) atoms. The lowest BCUT2D eigenvalue weighted by Gasteiger charge is -2.24. The van der Waals surface area contributed by atoms with Crippen molar-refractivity contribution in [1.29, 1.82) is 0 Å². The number of carbonyl (C=O) groups excluding carboxylic acids is 1. The zero-order valence-electron chi connectivity index (χ0n) is 14.2. The summed E-state index contributed by atoms with van der Waals surface area (Å²) in [6.45, 7) is 5.59. The van der Waals surface area contributed by atoms with Gasteiger partial charge in [0.05, 0.1) is 11.3 Å². The first-order valence-electron chi connectivity index (χ1n) is 8.65. The van der Waals surface area contributed by atoms with Crippen molar-refractivity contribution >= 4 is 5.91 Å². The zero-order chi connectivity index (χ0) is 16.7. The Kier molecular flexibility index (Phi) is 3.84. The van der Waals surface area contributed by atoms with Crippen molar-refractivity contribution in [3.8, 4) is 5.82 Å². The summed E-state index contributed by atoms with van der Waals surface area (Å²) in [4.78, 5) is 19.2. The third-order valence-corrected chi connectivity index (χ3v) is 5.03. The maximum atomic E-state index is 12.8. The number of carbonyl (C=O) groups is 1. The van der Waals surface area contributed by atoms with Gasteiger partial charge in [0.15, 0.2) is 5.82 Å². The number of fused-ring (bicyclic) bond motifs is 2. The second-order valence-corrected chi connectivity index (χ2v) is 6.92. The summed E-state index contributed by atoms with van der Waals surface area (Å²) >= 11 is 0. The van der Waals surface area contributed by atoms with Crippen molar-refractivity contribution in [2.75, 3.05) is 13.1 Å². The van der Waals surface area contributed by atoms with Gasteiger partial charge in [-0.15, -0.1) is 0 Å². The van der Waals surface area contributed by atoms with Crippen LogP contribution in [0, 0.1) is 13.8 Å². The number of aromatic nitrogens is 3. The minimum absolute atomic E-state index is 0.0803. The van der Waals surface area contributed by atoms with E-state index in [-0.39, 0.29) is 5.91 Å². The van der Waals surface area contributed by atoms with Crippen molar-refractivity contribution in [1.82, 2.24) is 25.0 Å². The Bertz CT molecular complexity index is 751. The van der Waals surface area contributed by atoms with E-state index < -0.39 is 0 Å². The van der Waals surface area contributed by atoms with Gasteiger partial charge in [0, 0.05) is 37.1 Å². The lowest BCUT2D eigenvalue weighted by molar-refractivity contribution is 0.0747. The van der Waals surface area contributed by atoms with E-state index in [0.717, 1.165) is 36.7 Å². The number of pyridine rings is 1. The molecule has 1 N–H and O–H groups in total. The van der Waals surface area contributed by atoms with Crippen LogP contribution in [0.4, 0.5) is 0 Å². The quantitative estimate of drug-likeness (QED) is 0.915. The second-order valence-electron chi connectivity index (χ2n) is 6.92. The van der Waals surface area contributed by atoms with E-state index in [0.29, 0.717) is 17.6 Å². The number of likely N-dealkylation sites (tertiary alicyclic amines) is 1. The Labute approximate surface area is 141 Å². The van der Waals surface area contributed by atoms with Crippen LogP contribution in [0.15, 0.2) is 24.4 Å². The van der Waals surface area contributed by atoms with E-state index in [1.165, 1.54) is 12.8 Å². The van der Waals surface area contributed by atoms with Gasteiger partial charge >= 0.3 is 0 Å². The van der Waals surface area contributed by atoms with Crippen molar-refractivity contribution in [2.45, 2.75) is 45.2 Å². The van der Waals surface area contributed by atoms with Crippen LogP contribution in [0.1, 0.15) is 41.0 Å². The Morgan fingerprint density at radius 3 is 2.75 bits per heavy atom. The van der Waals surface area contributed by atoms with Gasteiger partial charge in [-0.1, -0.05) is 0 Å². The maximum Gasteiger partial charge on any atom is 0.255 e. The highest BCUT2D eigenvalue weighted by molar-refractivity contribution is 5.94. The highest BCUT2D eigenvalue weighted by atomic mass is 16.2. The summed E-state index contributed by atoms with van der Waals surface area (Å²) in [5.74, 6) is 0.825. The second kappa shape index (κ2) is 6.02. The molecule has 6 heteroatoms. The fraction of sp³-hybridized carbons (Fsp3) is 0.500. The third-order valence-electron chi connectivity index (χ3n) is 5.03. The number of aryl methyl sites for hydroxylation is 2. The van der Waals surface area contributed by atoms with Gasteiger partial charge in [0.25, 0.3) is 5.91 Å². The van der Waals surface area contributed by atoms with Crippen LogP contribution in [-0.4, -0.2) is 50.7 Å². The predicted octanol–water partition coefficient (Wildman–Crippen LogP) is 1.85. The topological polar surface area (TPSA) is 63.1 Å². The van der Waals surface area contributed by atoms with Crippen molar-refractivity contribution in [2.24, 2.45) is 0 Å². The minimum atomic E-state index is 0.0803. The van der Waals surface area contributed by atoms with Crippen LogP contribution in [0.3, 0.4) is 0 Å². The number of hydrogen-bond donors (Lipinski definition) is 1. The molecule has 2 aliphatic rings. The maximum absolute atomic E-state index is 12.8. The van der Waals surface area contributed by atoms with E-state index in [9.17, 15) is 4.79 Å². The number of rotatable bonds is 2. The number of nitrogens with zero attached hydrogens (tertiary/aromatic N) is 4. The summed E-state index contributed by atoms with van der Waals surface area (Å²) in [5, 5.41) is 8.04. The molecular weight excluding hydrogens is 302 g/mol. The molecule has 0 aromatic carbocycles. The molecule has 0 radical (unpaired) electrons. The van der Waals surface area contributed by atoms with Gasteiger partial charge < -0.3 is 10.2 Å². The zero-order valence-corrected chi connectivity index (χ0v) is 14.2. The molecule has 0 saturated carbocycles. The van der Waals surface area contributed by atoms with Crippen molar-refractivity contribution in [3.05, 3.63) is 41.3 Å². The molecule has 2 unspecified atom stereocenters. The highest BCUT2D eigenvalue weighted by Crippen LogP contribution is 2.21. The van der Waals surface area contributed by atoms with E-state index in [4.69, 9.17) is 0 Å². The first-order chi connectivity index (χ1) is 11.6. The van der Waals surface area contributed by atoms with Gasteiger partial charge in [-0.2, -0.15) is 5.10 Å². The molecule has 2 aromatic rings. The largest absolute Gasteiger partial charge is 0.337 e. The first-order valence-corrected chi connectivity index (χ1v) is 8.65. The third kappa shape index (κ3) is 2.82. The standard InChI is InChI=1S/C18H23N5O/c1-12-9-13(2)23(21-12)17-6-3-14(10-19-17)18(24)22-8-7-15-4-5-16(11-22)20-15/h3,6,9-10,15-16,20H,4-5,7-8,11H2,1-2H3. The highest BCUT2D eigenvalue weighted by Gasteiger charge is 2.31. The summed E-state index contributed by atoms with van der Waals surface area (Å²) < 4.78 is 1.80. The summed E-state index contributed by atoms with van der Waals surface area (Å²) in [6, 6.07) is 6.77. The number of hydrogen-bond acceptors (Lipinski definition) is 4. The summed E-state index contributed by atoms with van der Waals surface area (Å²) in [5.41, 5.74) is 2.65. The fourth-order valence-corrected chi connectivity index (χ4v) is 3.81. The smallest absolute Gasteiger partial charge is 0.255 e. The number of nitrogens with one attached hydrogen (secondary N) is 1. The molecule has 126 valence electrons. The molecule has 4 rings (SSSR count). The van der Waals surface area contributed by atoms with Gasteiger partial charge in [-0.05, 0) is 51.3 Å². The van der Waals surface area contributed by atoms with Crippen LogP contribution < -0.4 is 5.32 Å². The SMILES string of the molecule is Cc1cc(C)n(-c2ccc(C(=O)N3CCC4CCC(C3)N4)cn2)n1. The van der Waals surface area contributed by atoms with Gasteiger partial charge in [0.2, 0.25) is 0 Å². The monoisotopic (exact) mass is 325 g/mol. The molecule has 2 atom stereocenters. The van der Waals surface area contributed by atoms with Crippen molar-refractivity contribution in [3.63, 3.8) is 0 Å². The summed E-state index contributed by atoms with van der Waals surface area (Å²) in [7, 11) is 0. The lowest BCUT2D eigenvalue weighted by atomic mass is 10.1. The Morgan fingerprint density at radius 2 is 2.04 bits per heavy atom. The molecule has 2 aromatic heterocycles. The Hall–Kier alpha value is -2.21. The van der Waals surface area contributed by atoms with Crippen LogP contribution in [0.25, 0.3) is 5.82 Å². The van der Waals surface area contributed by atoms with Crippen LogP contribution in [0.2, 0.25) is 0 Å². The normalized spacial score (nSPS) is 23.3. The molecule has 2 fully saturated rings. The molecule has 2 bridgehead atoms. The van der Waals surface area contributed by atoms with E-state index in [2.05, 4.69) is 15.4 Å². The molecule has 0 spiro atoms. The Morgan fingerprint density at radius 1 is 1.21 bits per heavy atom. The van der Waals surface area contributed by atoms with Crippen LogP contribution in [-0.2, 0) is 0 Å². The average molecular weight is 325 g/mol. The fourth-order valence-electron chi connectivity index (χ4n) is 3.81. The molecule has 4 heterocycles. The van der Waals surface area contributed by atoms with Gasteiger partial charge in [-0.3, -0.25) is 4.79 Å². The molecule has 0 aliphatic carbocycles. The summed E-state index contributed by atoms with van der Waals surface area (Å²) in [6.07, 6.45) is 5.12. The van der Waals surface area contributed by atoms with Crippen molar-refractivity contribution < 1.29 is 4.79 Å². The lowest BCUT2D eigenvalue weighted by Crippen LogP contribution is -2.39. The van der Waals surface area contributed by atoms with E-state index >= 15 is 0 Å². The van der Waals surface area contributed by atoms with Crippen LogP contribution in [0.5, 0.6) is 0 Å². The predicted molar refractivity (Wildman–Crippen MR) is 91.3 cm³/mol. The van der Waals surface area contributed by atoms with Gasteiger partial charge in [-0.25, -0.2) is 9.67 Å². The molecular formula is C18H23N5O. The number of amides is 1. The minimum Gasteiger partial charge on any atom is -0.337 e. The van der Waals surface area contributed by atoms with E-state index in [1.807, 2.05) is 36.9 Å².